The van der Waals surface area contributed by atoms with Gasteiger partial charge in [-0.15, -0.1) is 0 Å². The first-order valence-electron chi connectivity index (χ1n) is 0.748. The van der Waals surface area contributed by atoms with E-state index in [-0.39, 0.29) is 136 Å². The Morgan fingerprint density at radius 3 is 0.769 bits per heavy atom. The average Bonchev–Trinajstić information content (AvgIpc) is 0.722. The molecule has 0 fully saturated rings. The van der Waals surface area contributed by atoms with Crippen molar-refractivity contribution in [2.45, 2.75) is 0 Å². The predicted molar refractivity (Wildman–Crippen MR) is 31.5 cm³/mol. The maximum atomic E-state index is 8.66. The summed E-state index contributed by atoms with van der Waals surface area (Å²) in [6, 6.07) is 0. The van der Waals surface area contributed by atoms with E-state index in [9.17, 15) is 0 Å². The summed E-state index contributed by atoms with van der Waals surface area (Å²) >= 11 is 0. The normalized spacial score (nSPS) is 4.54. The zero-order valence-electron chi connectivity index (χ0n) is 7.12. The molecule has 0 aromatic rings. The zero-order valence-corrected chi connectivity index (χ0v) is 14.3. The monoisotopic (exact) mass is 282 g/mol. The van der Waals surface area contributed by atoms with Crippen molar-refractivity contribution < 1.29 is 155 Å². The van der Waals surface area contributed by atoms with Crippen molar-refractivity contribution in [1.82, 2.24) is 0 Å². The van der Waals surface area contributed by atoms with Crippen LogP contribution in [0.4, 0.5) is 0 Å². The van der Waals surface area contributed by atoms with Gasteiger partial charge in [-0.25, -0.2) is 0 Å². The van der Waals surface area contributed by atoms with Crippen LogP contribution in [0.15, 0.2) is 0 Å². The molecule has 0 spiro atoms. The second-order valence-corrected chi connectivity index (χ2v) is 1.41. The molecule has 80 valence electrons. The third-order valence-electron chi connectivity index (χ3n) is 0. The van der Waals surface area contributed by atoms with Gasteiger partial charge in [-0.3, -0.25) is 0 Å². The average molecular weight is 282 g/mol. The van der Waals surface area contributed by atoms with Crippen molar-refractivity contribution in [3.63, 3.8) is 0 Å². The third kappa shape index (κ3) is 265. The summed E-state index contributed by atoms with van der Waals surface area (Å²) in [4.78, 5) is 24.3. The van der Waals surface area contributed by atoms with Crippen LogP contribution in [0.25, 0.3) is 0 Å². The van der Waals surface area contributed by atoms with E-state index in [4.69, 9.17) is 19.2 Å². The standard InChI is InChI=1S/2K.H3O4P.6H2O/c;;1-5(2,3)4;;;;;;/h;;(H3,1,2,3,4);6*1H2/q2*+1;;;;;;;/p-2. The van der Waals surface area contributed by atoms with Crippen molar-refractivity contribution in [2.24, 2.45) is 0 Å². The van der Waals surface area contributed by atoms with E-state index in [1.165, 1.54) is 0 Å². The molecule has 0 aromatic carbocycles. The molecule has 0 heterocycles. The van der Waals surface area contributed by atoms with Gasteiger partial charge < -0.3 is 52.1 Å². The first-order valence-corrected chi connectivity index (χ1v) is 2.24. The molecule has 0 saturated heterocycles. The maximum Gasteiger partial charge on any atom is 1.00 e. The van der Waals surface area contributed by atoms with Gasteiger partial charge in [-0.05, 0) is 0 Å². The first-order chi connectivity index (χ1) is 2.00. The fraction of sp³-hybridized carbons (Fsp3) is 0. The molecule has 0 aliphatic carbocycles. The molecule has 0 aliphatic heterocycles. The summed E-state index contributed by atoms with van der Waals surface area (Å²) < 4.78 is 8.66. The van der Waals surface area contributed by atoms with Gasteiger partial charge in [0.25, 0.3) is 0 Å². The molecular formula is H13K2O10P. The Morgan fingerprint density at radius 2 is 0.769 bits per heavy atom. The van der Waals surface area contributed by atoms with Gasteiger partial charge in [0.1, 0.15) is 0 Å². The van der Waals surface area contributed by atoms with Crippen LogP contribution < -0.4 is 113 Å². The molecule has 0 unspecified atom stereocenters. The van der Waals surface area contributed by atoms with Crippen molar-refractivity contribution in [2.75, 3.05) is 0 Å². The van der Waals surface area contributed by atoms with Crippen molar-refractivity contribution in [1.29, 1.82) is 0 Å². The second-order valence-electron chi connectivity index (χ2n) is 0.469. The Hall–Kier alpha value is 3.14. The van der Waals surface area contributed by atoms with Crippen LogP contribution in [0, 0.1) is 0 Å². The van der Waals surface area contributed by atoms with E-state index in [1.54, 1.807) is 0 Å². The quantitative estimate of drug-likeness (QED) is 0.334. The Balaban J connectivity index is -0.00000000286. The van der Waals surface area contributed by atoms with Crippen molar-refractivity contribution >= 4 is 7.82 Å². The molecule has 0 amide bonds. The summed E-state index contributed by atoms with van der Waals surface area (Å²) in [5.74, 6) is 0. The summed E-state index contributed by atoms with van der Waals surface area (Å²) in [6.45, 7) is 0. The van der Waals surface area contributed by atoms with Gasteiger partial charge in [0.05, 0.1) is 7.82 Å². The van der Waals surface area contributed by atoms with Gasteiger partial charge >= 0.3 is 103 Å². The summed E-state index contributed by atoms with van der Waals surface area (Å²) in [5, 5.41) is 0. The summed E-state index contributed by atoms with van der Waals surface area (Å²) in [7, 11) is -5.14. The van der Waals surface area contributed by atoms with E-state index >= 15 is 0 Å². The van der Waals surface area contributed by atoms with E-state index in [2.05, 4.69) is 0 Å². The fourth-order valence-corrected chi connectivity index (χ4v) is 0. The van der Waals surface area contributed by atoms with E-state index in [0.29, 0.717) is 0 Å². The molecule has 0 atom stereocenters. The SMILES string of the molecule is O.O.O.O.O.O.O=P([O-])([O-])O.[K+].[K+]. The molecule has 0 rings (SSSR count). The number of hydrogen-bond acceptors (Lipinski definition) is 3. The van der Waals surface area contributed by atoms with Crippen molar-refractivity contribution in [3.8, 4) is 0 Å². The van der Waals surface area contributed by atoms with Crippen LogP contribution in [0.1, 0.15) is 0 Å². The molecule has 13 N–H and O–H groups in total. The summed E-state index contributed by atoms with van der Waals surface area (Å²) in [5.41, 5.74) is 0. The van der Waals surface area contributed by atoms with E-state index in [0.717, 1.165) is 0 Å². The van der Waals surface area contributed by atoms with Crippen LogP contribution in [0.3, 0.4) is 0 Å². The minimum absolute atomic E-state index is 0. The van der Waals surface area contributed by atoms with Crippen LogP contribution in [-0.4, -0.2) is 37.8 Å². The van der Waals surface area contributed by atoms with E-state index < -0.39 is 7.82 Å². The largest absolute Gasteiger partial charge is 1.00 e. The Kier molecular flexibility index (Phi) is 202. The van der Waals surface area contributed by atoms with Crippen molar-refractivity contribution in [3.05, 3.63) is 0 Å². The molecule has 0 bridgehead atoms. The van der Waals surface area contributed by atoms with Crippen LogP contribution >= 0.6 is 7.82 Å². The number of hydrogen-bond donors (Lipinski definition) is 1. The van der Waals surface area contributed by atoms with Gasteiger partial charge in [-0.1, -0.05) is 0 Å². The molecular weight excluding hydrogens is 269 g/mol. The van der Waals surface area contributed by atoms with Gasteiger partial charge in [-0.2, -0.15) is 0 Å². The third-order valence-corrected chi connectivity index (χ3v) is 0. The topological polar surface area (TPSA) is 272 Å². The van der Waals surface area contributed by atoms with Gasteiger partial charge in [0.15, 0.2) is 0 Å². The Morgan fingerprint density at radius 1 is 0.769 bits per heavy atom. The molecule has 13 heavy (non-hydrogen) atoms. The smallest absolute Gasteiger partial charge is 0.790 e. The Labute approximate surface area is 159 Å². The molecule has 0 saturated carbocycles. The van der Waals surface area contributed by atoms with Gasteiger partial charge in [0.2, 0.25) is 0 Å². The van der Waals surface area contributed by atoms with Crippen LogP contribution in [0.2, 0.25) is 0 Å². The molecule has 0 aromatic heterocycles. The number of phosphoric acid groups is 1. The number of rotatable bonds is 0. The summed E-state index contributed by atoms with van der Waals surface area (Å²) in [6.07, 6.45) is 0. The fourth-order valence-electron chi connectivity index (χ4n) is 0. The molecule has 0 aliphatic rings. The molecule has 13 heteroatoms. The second kappa shape index (κ2) is 36.2. The van der Waals surface area contributed by atoms with Crippen LogP contribution in [0.5, 0.6) is 0 Å². The minimum Gasteiger partial charge on any atom is -0.790 e. The molecule has 10 nitrogen and oxygen atoms in total. The predicted octanol–water partition coefficient (Wildman–Crippen LogP) is -13.1. The van der Waals surface area contributed by atoms with Gasteiger partial charge in [0, 0.05) is 0 Å². The zero-order chi connectivity index (χ0) is 4.50. The maximum absolute atomic E-state index is 8.66. The Bertz CT molecular complexity index is 59.1. The van der Waals surface area contributed by atoms with E-state index in [1.807, 2.05) is 0 Å². The minimum atomic E-state index is -5.14. The van der Waals surface area contributed by atoms with Crippen LogP contribution in [-0.2, 0) is 4.57 Å². The first kappa shape index (κ1) is 72.6. The molecule has 0 radical (unpaired) electrons.